The van der Waals surface area contributed by atoms with Crippen molar-refractivity contribution in [3.63, 3.8) is 0 Å². The maximum atomic E-state index is 13.3. The normalized spacial score (nSPS) is 24.8. The van der Waals surface area contributed by atoms with Gasteiger partial charge in [0.15, 0.2) is 0 Å². The number of rotatable bonds is 3. The Morgan fingerprint density at radius 3 is 2.83 bits per heavy atom. The van der Waals surface area contributed by atoms with Gasteiger partial charge in [-0.15, -0.1) is 0 Å². The molecule has 0 radical (unpaired) electrons. The molecule has 0 amide bonds. The third-order valence-electron chi connectivity index (χ3n) is 4.36. The van der Waals surface area contributed by atoms with E-state index in [1.165, 1.54) is 22.3 Å². The molecule has 2 aromatic rings. The molecule has 0 aliphatic heterocycles. The van der Waals surface area contributed by atoms with E-state index in [2.05, 4.69) is 15.9 Å². The summed E-state index contributed by atoms with van der Waals surface area (Å²) in [4.78, 5) is 0. The number of phenols is 1. The zero-order valence-electron chi connectivity index (χ0n) is 12.5. The summed E-state index contributed by atoms with van der Waals surface area (Å²) in [5, 5.41) is 10.4. The van der Waals surface area contributed by atoms with Crippen LogP contribution in [0.2, 0.25) is 0 Å². The second kappa shape index (κ2) is 5.51. The van der Waals surface area contributed by atoms with Crippen LogP contribution in [0.15, 0.2) is 53.2 Å². The van der Waals surface area contributed by atoms with Crippen LogP contribution in [0, 0.1) is 5.92 Å². The summed E-state index contributed by atoms with van der Waals surface area (Å²) in [5.41, 5.74) is 6.25. The number of phenolic OH excluding ortho intramolecular Hbond substituents is 1. The molecule has 122 valence electrons. The number of aromatic nitrogens is 1. The fourth-order valence-electron chi connectivity index (χ4n) is 2.92. The van der Waals surface area contributed by atoms with E-state index in [0.29, 0.717) is 10.00 Å². The molecule has 0 bridgehead atoms. The fourth-order valence-corrected chi connectivity index (χ4v) is 5.60. The van der Waals surface area contributed by atoms with Crippen LogP contribution in [0.5, 0.6) is 5.75 Å². The summed E-state index contributed by atoms with van der Waals surface area (Å²) in [6, 6.07) is 6.38. The molecule has 0 spiro atoms. The number of nitrogens with zero attached hydrogens (tertiary/aromatic N) is 1. The largest absolute Gasteiger partial charge is 0.508 e. The second-order valence-electron chi connectivity index (χ2n) is 5.77. The summed E-state index contributed by atoms with van der Waals surface area (Å²) in [7, 11) is -3.79. The lowest BCUT2D eigenvalue weighted by Gasteiger charge is -2.35. The van der Waals surface area contributed by atoms with E-state index in [-0.39, 0.29) is 18.2 Å². The first-order chi connectivity index (χ1) is 10.8. The summed E-state index contributed by atoms with van der Waals surface area (Å²) < 4.78 is 27.4. The van der Waals surface area contributed by atoms with Gasteiger partial charge >= 0.3 is 0 Å². The van der Waals surface area contributed by atoms with E-state index in [4.69, 9.17) is 5.73 Å². The highest BCUT2D eigenvalue weighted by Crippen LogP contribution is 2.38. The third-order valence-corrected chi connectivity index (χ3v) is 7.22. The minimum absolute atomic E-state index is 0.0217. The highest BCUT2D eigenvalue weighted by molar-refractivity contribution is 9.11. The summed E-state index contributed by atoms with van der Waals surface area (Å²) >= 11 is 3.36. The van der Waals surface area contributed by atoms with Crippen molar-refractivity contribution in [3.8, 4) is 5.75 Å². The average Bonchev–Trinajstić information content (AvgIpc) is 2.90. The lowest BCUT2D eigenvalue weighted by Crippen LogP contribution is -2.47. The number of halogens is 1. The Kier molecular flexibility index (Phi) is 3.90. The highest BCUT2D eigenvalue weighted by Gasteiger charge is 2.45. The molecule has 1 aliphatic carbocycles. The Balaban J connectivity index is 2.24. The van der Waals surface area contributed by atoms with E-state index in [9.17, 15) is 13.5 Å². The SMILES string of the molecule is CC1(S(=O)(=O)n2ccc3ccc(O)cc32)C=C(Br)C=CC1CN. The molecule has 0 fully saturated rings. The minimum atomic E-state index is -3.79. The molecule has 0 saturated heterocycles. The molecule has 3 rings (SSSR count). The van der Waals surface area contributed by atoms with Crippen molar-refractivity contribution < 1.29 is 13.5 Å². The summed E-state index contributed by atoms with van der Waals surface area (Å²) in [6.45, 7) is 1.88. The van der Waals surface area contributed by atoms with Gasteiger partial charge in [-0.05, 0) is 31.2 Å². The van der Waals surface area contributed by atoms with Crippen molar-refractivity contribution in [2.45, 2.75) is 11.7 Å². The number of nitrogens with two attached hydrogens (primary N) is 1. The van der Waals surface area contributed by atoms with Crippen molar-refractivity contribution in [2.75, 3.05) is 6.54 Å². The van der Waals surface area contributed by atoms with Crippen LogP contribution in [-0.2, 0) is 10.0 Å². The topological polar surface area (TPSA) is 85.3 Å². The molecule has 3 N–H and O–H groups in total. The maximum Gasteiger partial charge on any atom is 0.248 e. The van der Waals surface area contributed by atoms with Gasteiger partial charge in [0.25, 0.3) is 0 Å². The minimum Gasteiger partial charge on any atom is -0.508 e. The fraction of sp³-hybridized carbons (Fsp3) is 0.250. The molecule has 23 heavy (non-hydrogen) atoms. The molecule has 7 heteroatoms. The van der Waals surface area contributed by atoms with Gasteiger partial charge in [0.2, 0.25) is 10.0 Å². The quantitative estimate of drug-likeness (QED) is 0.834. The van der Waals surface area contributed by atoms with Crippen molar-refractivity contribution in [1.82, 2.24) is 3.97 Å². The van der Waals surface area contributed by atoms with Crippen molar-refractivity contribution in [2.24, 2.45) is 11.7 Å². The van der Waals surface area contributed by atoms with Crippen LogP contribution in [0.25, 0.3) is 10.9 Å². The highest BCUT2D eigenvalue weighted by atomic mass is 79.9. The van der Waals surface area contributed by atoms with Gasteiger partial charge in [0.1, 0.15) is 10.5 Å². The standard InChI is InChI=1S/C16H17BrN2O3S/c1-16(9-13(17)4-3-12(16)10-18)23(21,22)19-7-6-11-2-5-14(20)8-15(11)19/h2-9,12,20H,10,18H2,1H3. The van der Waals surface area contributed by atoms with Gasteiger partial charge in [-0.3, -0.25) is 0 Å². The molecular weight excluding hydrogens is 380 g/mol. The molecule has 1 aliphatic rings. The van der Waals surface area contributed by atoms with Crippen molar-refractivity contribution >= 4 is 36.9 Å². The van der Waals surface area contributed by atoms with Crippen LogP contribution in [0.4, 0.5) is 0 Å². The Bertz CT molecular complexity index is 930. The Hall–Kier alpha value is -1.57. The maximum absolute atomic E-state index is 13.3. The second-order valence-corrected chi connectivity index (χ2v) is 8.91. The zero-order chi connectivity index (χ0) is 16.8. The van der Waals surface area contributed by atoms with Crippen LogP contribution in [0.3, 0.4) is 0 Å². The van der Waals surface area contributed by atoms with Gasteiger partial charge in [0.05, 0.1) is 5.52 Å². The number of allylic oxidation sites excluding steroid dienone is 2. The molecule has 2 unspecified atom stereocenters. The summed E-state index contributed by atoms with van der Waals surface area (Å²) in [6.07, 6.45) is 6.81. The molecule has 5 nitrogen and oxygen atoms in total. The lowest BCUT2D eigenvalue weighted by atomic mass is 9.89. The van der Waals surface area contributed by atoms with Gasteiger partial charge < -0.3 is 10.8 Å². The Morgan fingerprint density at radius 2 is 2.13 bits per heavy atom. The monoisotopic (exact) mass is 396 g/mol. The summed E-state index contributed by atoms with van der Waals surface area (Å²) in [5.74, 6) is -0.322. The first-order valence-electron chi connectivity index (χ1n) is 7.11. The Morgan fingerprint density at radius 1 is 1.39 bits per heavy atom. The van der Waals surface area contributed by atoms with Crippen LogP contribution in [0.1, 0.15) is 6.92 Å². The van der Waals surface area contributed by atoms with E-state index >= 15 is 0 Å². The molecule has 1 aromatic carbocycles. The molecule has 2 atom stereocenters. The van der Waals surface area contributed by atoms with Gasteiger partial charge in [-0.25, -0.2) is 12.4 Å². The van der Waals surface area contributed by atoms with Crippen LogP contribution >= 0.6 is 15.9 Å². The Labute approximate surface area is 143 Å². The van der Waals surface area contributed by atoms with Gasteiger partial charge in [0, 0.05) is 34.6 Å². The van der Waals surface area contributed by atoms with E-state index in [1.54, 1.807) is 25.1 Å². The van der Waals surface area contributed by atoms with Gasteiger partial charge in [-0.2, -0.15) is 0 Å². The number of fused-ring (bicyclic) bond motifs is 1. The first-order valence-corrected chi connectivity index (χ1v) is 9.35. The molecule has 1 heterocycles. The molecule has 0 saturated carbocycles. The number of hydrogen-bond acceptors (Lipinski definition) is 4. The van der Waals surface area contributed by atoms with E-state index in [1.807, 2.05) is 12.2 Å². The lowest BCUT2D eigenvalue weighted by molar-refractivity contribution is 0.476. The predicted molar refractivity (Wildman–Crippen MR) is 95.0 cm³/mol. The average molecular weight is 397 g/mol. The van der Waals surface area contributed by atoms with E-state index < -0.39 is 14.8 Å². The van der Waals surface area contributed by atoms with Crippen LogP contribution in [-0.4, -0.2) is 28.8 Å². The van der Waals surface area contributed by atoms with Crippen LogP contribution < -0.4 is 5.73 Å². The zero-order valence-corrected chi connectivity index (χ0v) is 14.9. The number of hydrogen-bond donors (Lipinski definition) is 2. The first kappa shape index (κ1) is 16.3. The van der Waals surface area contributed by atoms with Crippen molar-refractivity contribution in [1.29, 1.82) is 0 Å². The van der Waals surface area contributed by atoms with Gasteiger partial charge in [-0.1, -0.05) is 28.1 Å². The number of aromatic hydroxyl groups is 1. The molecule has 1 aromatic heterocycles. The number of benzene rings is 1. The van der Waals surface area contributed by atoms with E-state index in [0.717, 1.165) is 5.39 Å². The molecular formula is C16H17BrN2O3S. The van der Waals surface area contributed by atoms with Crippen molar-refractivity contribution in [3.05, 3.63) is 53.2 Å². The predicted octanol–water partition coefficient (Wildman–Crippen LogP) is 2.71. The smallest absolute Gasteiger partial charge is 0.248 e. The third kappa shape index (κ3) is 2.43.